The van der Waals surface area contributed by atoms with E-state index in [9.17, 15) is 19.5 Å². The Hall–Kier alpha value is -2.57. The summed E-state index contributed by atoms with van der Waals surface area (Å²) < 4.78 is 5.11. The number of anilines is 1. The van der Waals surface area contributed by atoms with Gasteiger partial charge >= 0.3 is 5.97 Å². The van der Waals surface area contributed by atoms with Crippen LogP contribution in [0.2, 0.25) is 0 Å². The Morgan fingerprint density at radius 1 is 1.28 bits per heavy atom. The van der Waals surface area contributed by atoms with E-state index in [1.165, 1.54) is 0 Å². The molecular weight excluding hydrogens is 324 g/mol. The molecule has 2 saturated heterocycles. The topological polar surface area (TPSA) is 87.2 Å². The van der Waals surface area contributed by atoms with Gasteiger partial charge in [0, 0.05) is 31.7 Å². The molecule has 2 heterocycles. The fourth-order valence-corrected chi connectivity index (χ4v) is 3.47. The van der Waals surface area contributed by atoms with Gasteiger partial charge in [-0.15, -0.1) is 0 Å². The SMILES string of the molecule is COc1ccc(N2CC(C(=O)N3CCC(C)(C(=O)O)C3)CC2=O)cc1. The summed E-state index contributed by atoms with van der Waals surface area (Å²) in [7, 11) is 1.58. The fourth-order valence-electron chi connectivity index (χ4n) is 3.47. The molecule has 1 aromatic rings. The molecule has 2 aliphatic heterocycles. The summed E-state index contributed by atoms with van der Waals surface area (Å²) in [5.41, 5.74) is -0.161. The maximum absolute atomic E-state index is 12.7. The molecule has 0 radical (unpaired) electrons. The van der Waals surface area contributed by atoms with Gasteiger partial charge in [0.2, 0.25) is 11.8 Å². The Balaban J connectivity index is 1.68. The summed E-state index contributed by atoms with van der Waals surface area (Å²) in [4.78, 5) is 39.6. The minimum atomic E-state index is -0.895. The number of amides is 2. The lowest BCUT2D eigenvalue weighted by Gasteiger charge is -2.23. The smallest absolute Gasteiger partial charge is 0.311 e. The number of rotatable bonds is 4. The molecule has 2 amide bonds. The van der Waals surface area contributed by atoms with E-state index >= 15 is 0 Å². The zero-order chi connectivity index (χ0) is 18.2. The zero-order valence-corrected chi connectivity index (χ0v) is 14.4. The van der Waals surface area contributed by atoms with Gasteiger partial charge in [-0.25, -0.2) is 0 Å². The minimum absolute atomic E-state index is 0.0938. The maximum atomic E-state index is 12.7. The highest BCUT2D eigenvalue weighted by molar-refractivity contribution is 6.00. The van der Waals surface area contributed by atoms with Gasteiger partial charge in [-0.2, -0.15) is 0 Å². The van der Waals surface area contributed by atoms with Gasteiger partial charge in [0.05, 0.1) is 18.4 Å². The third-order valence-corrected chi connectivity index (χ3v) is 5.16. The van der Waals surface area contributed by atoms with Crippen LogP contribution in [0.15, 0.2) is 24.3 Å². The molecule has 3 rings (SSSR count). The van der Waals surface area contributed by atoms with E-state index < -0.39 is 17.3 Å². The number of carbonyl (C=O) groups excluding carboxylic acids is 2. The van der Waals surface area contributed by atoms with E-state index in [0.29, 0.717) is 25.3 Å². The highest BCUT2D eigenvalue weighted by atomic mass is 16.5. The number of carbonyl (C=O) groups is 3. The Bertz CT molecular complexity index is 702. The van der Waals surface area contributed by atoms with Crippen molar-refractivity contribution in [2.24, 2.45) is 11.3 Å². The number of hydrogen-bond acceptors (Lipinski definition) is 4. The summed E-state index contributed by atoms with van der Waals surface area (Å²) >= 11 is 0. The van der Waals surface area contributed by atoms with E-state index in [1.54, 1.807) is 48.1 Å². The van der Waals surface area contributed by atoms with Gasteiger partial charge in [0.15, 0.2) is 0 Å². The lowest BCUT2D eigenvalue weighted by Crippen LogP contribution is -2.39. The number of nitrogens with zero attached hydrogens (tertiary/aromatic N) is 2. The molecule has 0 aliphatic carbocycles. The fraction of sp³-hybridized carbons (Fsp3) is 0.500. The normalized spacial score (nSPS) is 26.2. The van der Waals surface area contributed by atoms with Crippen LogP contribution in [0.25, 0.3) is 0 Å². The Kier molecular flexibility index (Phi) is 4.41. The molecule has 2 unspecified atom stereocenters. The standard InChI is InChI=1S/C18H22N2O5/c1-18(17(23)24)7-8-19(11-18)16(22)12-9-15(21)20(10-12)13-3-5-14(25-2)6-4-13/h3-6,12H,7-11H2,1-2H3,(H,23,24). The van der Waals surface area contributed by atoms with Crippen molar-refractivity contribution in [2.45, 2.75) is 19.8 Å². The van der Waals surface area contributed by atoms with E-state index in [2.05, 4.69) is 0 Å². The summed E-state index contributed by atoms with van der Waals surface area (Å²) in [6, 6.07) is 7.13. The Morgan fingerprint density at radius 2 is 1.96 bits per heavy atom. The average Bonchev–Trinajstić information content (AvgIpc) is 3.19. The van der Waals surface area contributed by atoms with Crippen LogP contribution in [-0.2, 0) is 14.4 Å². The summed E-state index contributed by atoms with van der Waals surface area (Å²) in [5.74, 6) is -0.831. The van der Waals surface area contributed by atoms with Crippen LogP contribution in [0.3, 0.4) is 0 Å². The number of carboxylic acid groups (broad SMARTS) is 1. The highest BCUT2D eigenvalue weighted by Crippen LogP contribution is 2.33. The van der Waals surface area contributed by atoms with Gasteiger partial charge < -0.3 is 19.6 Å². The first-order valence-electron chi connectivity index (χ1n) is 8.31. The first-order valence-corrected chi connectivity index (χ1v) is 8.31. The molecular formula is C18H22N2O5. The van der Waals surface area contributed by atoms with Gasteiger partial charge in [-0.1, -0.05) is 0 Å². The maximum Gasteiger partial charge on any atom is 0.311 e. The number of ether oxygens (including phenoxy) is 1. The first-order chi connectivity index (χ1) is 11.8. The van der Waals surface area contributed by atoms with Crippen LogP contribution in [0.1, 0.15) is 19.8 Å². The third-order valence-electron chi connectivity index (χ3n) is 5.16. The lowest BCUT2D eigenvalue weighted by molar-refractivity contribution is -0.147. The molecule has 2 atom stereocenters. The van der Waals surface area contributed by atoms with E-state index in [-0.39, 0.29) is 24.8 Å². The molecule has 0 bridgehead atoms. The van der Waals surface area contributed by atoms with Crippen LogP contribution >= 0.6 is 0 Å². The molecule has 25 heavy (non-hydrogen) atoms. The molecule has 1 N–H and O–H groups in total. The quantitative estimate of drug-likeness (QED) is 0.890. The predicted molar refractivity (Wildman–Crippen MR) is 90.4 cm³/mol. The molecule has 0 aromatic heterocycles. The van der Waals surface area contributed by atoms with Crippen LogP contribution in [0.4, 0.5) is 5.69 Å². The van der Waals surface area contributed by atoms with Crippen LogP contribution in [0, 0.1) is 11.3 Å². The number of aliphatic carboxylic acids is 1. The number of methoxy groups -OCH3 is 1. The van der Waals surface area contributed by atoms with Crippen LogP contribution < -0.4 is 9.64 Å². The number of hydrogen-bond donors (Lipinski definition) is 1. The zero-order valence-electron chi connectivity index (χ0n) is 14.4. The third kappa shape index (κ3) is 3.18. The van der Waals surface area contributed by atoms with Crippen molar-refractivity contribution in [1.82, 2.24) is 4.90 Å². The van der Waals surface area contributed by atoms with E-state index in [4.69, 9.17) is 4.74 Å². The van der Waals surface area contributed by atoms with Gasteiger partial charge in [-0.05, 0) is 37.6 Å². The predicted octanol–water partition coefficient (Wildman–Crippen LogP) is 1.37. The van der Waals surface area contributed by atoms with Gasteiger partial charge in [0.25, 0.3) is 0 Å². The summed E-state index contributed by atoms with van der Waals surface area (Å²) in [6.45, 7) is 2.61. The molecule has 2 aliphatic rings. The minimum Gasteiger partial charge on any atom is -0.497 e. The van der Waals surface area contributed by atoms with Gasteiger partial charge in [0.1, 0.15) is 5.75 Å². The monoisotopic (exact) mass is 346 g/mol. The van der Waals surface area contributed by atoms with Crippen molar-refractivity contribution in [3.8, 4) is 5.75 Å². The average molecular weight is 346 g/mol. The largest absolute Gasteiger partial charge is 0.497 e. The van der Waals surface area contributed by atoms with Crippen molar-refractivity contribution in [3.63, 3.8) is 0 Å². The molecule has 0 saturated carbocycles. The van der Waals surface area contributed by atoms with E-state index in [1.807, 2.05) is 0 Å². The Morgan fingerprint density at radius 3 is 2.52 bits per heavy atom. The molecule has 134 valence electrons. The number of benzene rings is 1. The van der Waals surface area contributed by atoms with Crippen molar-refractivity contribution in [2.75, 3.05) is 31.6 Å². The van der Waals surface area contributed by atoms with Gasteiger partial charge in [-0.3, -0.25) is 14.4 Å². The second-order valence-electron chi connectivity index (χ2n) is 6.98. The van der Waals surface area contributed by atoms with E-state index in [0.717, 1.165) is 5.69 Å². The van der Waals surface area contributed by atoms with Crippen molar-refractivity contribution >= 4 is 23.5 Å². The molecule has 7 nitrogen and oxygen atoms in total. The number of likely N-dealkylation sites (tertiary alicyclic amines) is 1. The van der Waals surface area contributed by atoms with Crippen molar-refractivity contribution < 1.29 is 24.2 Å². The van der Waals surface area contributed by atoms with Crippen LogP contribution in [0.5, 0.6) is 5.75 Å². The number of carboxylic acids is 1. The molecule has 7 heteroatoms. The second kappa shape index (κ2) is 6.38. The lowest BCUT2D eigenvalue weighted by atomic mass is 9.90. The second-order valence-corrected chi connectivity index (χ2v) is 6.98. The molecule has 1 aromatic carbocycles. The molecule has 2 fully saturated rings. The Labute approximate surface area is 146 Å². The summed E-state index contributed by atoms with van der Waals surface area (Å²) in [5, 5.41) is 9.30. The van der Waals surface area contributed by atoms with Crippen molar-refractivity contribution in [1.29, 1.82) is 0 Å². The first kappa shape index (κ1) is 17.3. The highest BCUT2D eigenvalue weighted by Gasteiger charge is 2.45. The van der Waals surface area contributed by atoms with Crippen molar-refractivity contribution in [3.05, 3.63) is 24.3 Å². The van der Waals surface area contributed by atoms with Crippen LogP contribution in [-0.4, -0.2) is 54.5 Å². The molecule has 0 spiro atoms. The summed E-state index contributed by atoms with van der Waals surface area (Å²) in [6.07, 6.45) is 0.599.